The van der Waals surface area contributed by atoms with Crippen LogP contribution in [0.1, 0.15) is 45.6 Å². The molecule has 1 N–H and O–H groups in total. The summed E-state index contributed by atoms with van der Waals surface area (Å²) in [5.41, 5.74) is 1.72. The van der Waals surface area contributed by atoms with Crippen molar-refractivity contribution in [2.75, 3.05) is 5.32 Å². The molecular weight excluding hydrogens is 252 g/mol. The highest BCUT2D eigenvalue weighted by Gasteiger charge is 2.26. The van der Waals surface area contributed by atoms with Gasteiger partial charge in [-0.2, -0.15) is 0 Å². The first kappa shape index (κ1) is 13.1. The minimum atomic E-state index is 0.0240. The second-order valence-electron chi connectivity index (χ2n) is 5.88. The number of hydrogen-bond donors (Lipinski definition) is 1. The van der Waals surface area contributed by atoms with E-state index in [2.05, 4.69) is 19.9 Å². The SMILES string of the molecule is CC(C)CC(=O)Nc1nc2cccnc2n1C1CCC1. The molecule has 1 amide bonds. The van der Waals surface area contributed by atoms with E-state index in [1.165, 1.54) is 6.42 Å². The Labute approximate surface area is 118 Å². The van der Waals surface area contributed by atoms with E-state index in [1.807, 2.05) is 26.0 Å². The van der Waals surface area contributed by atoms with Gasteiger partial charge in [-0.05, 0) is 37.3 Å². The van der Waals surface area contributed by atoms with Gasteiger partial charge in [-0.3, -0.25) is 14.7 Å². The molecule has 0 spiro atoms. The molecular formula is C15H20N4O. The Morgan fingerprint density at radius 3 is 2.95 bits per heavy atom. The molecule has 0 unspecified atom stereocenters. The average molecular weight is 272 g/mol. The minimum Gasteiger partial charge on any atom is -0.296 e. The number of nitrogens with zero attached hydrogens (tertiary/aromatic N) is 3. The molecule has 2 aromatic heterocycles. The number of rotatable bonds is 4. The lowest BCUT2D eigenvalue weighted by Crippen LogP contribution is -2.22. The number of imidazole rings is 1. The van der Waals surface area contributed by atoms with Crippen LogP contribution in [0.5, 0.6) is 0 Å². The summed E-state index contributed by atoms with van der Waals surface area (Å²) in [5, 5.41) is 2.95. The van der Waals surface area contributed by atoms with Gasteiger partial charge in [0.2, 0.25) is 11.9 Å². The monoisotopic (exact) mass is 272 g/mol. The molecule has 0 radical (unpaired) electrons. The van der Waals surface area contributed by atoms with Gasteiger partial charge >= 0.3 is 0 Å². The number of aromatic nitrogens is 3. The topological polar surface area (TPSA) is 59.8 Å². The summed E-state index contributed by atoms with van der Waals surface area (Å²) in [7, 11) is 0. The van der Waals surface area contributed by atoms with Crippen molar-refractivity contribution in [3.05, 3.63) is 18.3 Å². The van der Waals surface area contributed by atoms with Crippen LogP contribution in [0.4, 0.5) is 5.95 Å². The zero-order chi connectivity index (χ0) is 14.1. The van der Waals surface area contributed by atoms with Gasteiger partial charge in [-0.15, -0.1) is 0 Å². The second-order valence-corrected chi connectivity index (χ2v) is 5.88. The fourth-order valence-corrected chi connectivity index (χ4v) is 2.56. The smallest absolute Gasteiger partial charge is 0.226 e. The highest BCUT2D eigenvalue weighted by Crippen LogP contribution is 2.36. The van der Waals surface area contributed by atoms with Crippen molar-refractivity contribution in [2.45, 2.75) is 45.6 Å². The molecule has 0 aliphatic heterocycles. The van der Waals surface area contributed by atoms with Crippen molar-refractivity contribution in [3.8, 4) is 0 Å². The normalized spacial score (nSPS) is 15.6. The third-order valence-corrected chi connectivity index (χ3v) is 3.73. The second kappa shape index (κ2) is 5.23. The maximum atomic E-state index is 12.0. The van der Waals surface area contributed by atoms with Crippen LogP contribution in [0, 0.1) is 5.92 Å². The Hall–Kier alpha value is -1.91. The van der Waals surface area contributed by atoms with E-state index in [4.69, 9.17) is 0 Å². The van der Waals surface area contributed by atoms with Gasteiger partial charge in [0.1, 0.15) is 5.52 Å². The largest absolute Gasteiger partial charge is 0.296 e. The van der Waals surface area contributed by atoms with E-state index in [1.54, 1.807) is 6.20 Å². The molecule has 5 nitrogen and oxygen atoms in total. The van der Waals surface area contributed by atoms with E-state index in [-0.39, 0.29) is 5.91 Å². The van der Waals surface area contributed by atoms with Crippen LogP contribution in [0.15, 0.2) is 18.3 Å². The van der Waals surface area contributed by atoms with Gasteiger partial charge in [0.05, 0.1) is 0 Å². The number of pyridine rings is 1. The van der Waals surface area contributed by atoms with Crippen molar-refractivity contribution < 1.29 is 4.79 Å². The van der Waals surface area contributed by atoms with Crippen LogP contribution in [0.25, 0.3) is 11.2 Å². The maximum absolute atomic E-state index is 12.0. The third kappa shape index (κ3) is 2.40. The molecule has 3 rings (SSSR count). The third-order valence-electron chi connectivity index (χ3n) is 3.73. The van der Waals surface area contributed by atoms with E-state index in [0.29, 0.717) is 24.3 Å². The lowest BCUT2D eigenvalue weighted by Gasteiger charge is -2.28. The molecule has 1 aliphatic carbocycles. The number of amides is 1. The van der Waals surface area contributed by atoms with Gasteiger partial charge in [-0.1, -0.05) is 13.8 Å². The lowest BCUT2D eigenvalue weighted by atomic mass is 9.93. The summed E-state index contributed by atoms with van der Waals surface area (Å²) in [6.07, 6.45) is 5.79. The Kier molecular flexibility index (Phi) is 3.42. The summed E-state index contributed by atoms with van der Waals surface area (Å²) >= 11 is 0. The minimum absolute atomic E-state index is 0.0240. The number of nitrogens with one attached hydrogen (secondary N) is 1. The van der Waals surface area contributed by atoms with Crippen molar-refractivity contribution >= 4 is 23.0 Å². The van der Waals surface area contributed by atoms with E-state index < -0.39 is 0 Å². The number of fused-ring (bicyclic) bond motifs is 1. The van der Waals surface area contributed by atoms with Crippen LogP contribution in [0.2, 0.25) is 0 Å². The Bertz CT molecular complexity index is 628. The number of anilines is 1. The highest BCUT2D eigenvalue weighted by atomic mass is 16.1. The van der Waals surface area contributed by atoms with Gasteiger partial charge in [-0.25, -0.2) is 9.97 Å². The standard InChI is InChI=1S/C15H20N4O/c1-10(2)9-13(20)18-15-17-12-7-4-8-16-14(12)19(15)11-5-3-6-11/h4,7-8,10-11H,3,5-6,9H2,1-2H3,(H,17,18,20). The Morgan fingerprint density at radius 1 is 1.50 bits per heavy atom. The molecule has 1 aliphatic rings. The molecule has 0 saturated heterocycles. The van der Waals surface area contributed by atoms with E-state index >= 15 is 0 Å². The molecule has 0 bridgehead atoms. The summed E-state index contributed by atoms with van der Waals surface area (Å²) < 4.78 is 2.09. The van der Waals surface area contributed by atoms with Crippen molar-refractivity contribution in [3.63, 3.8) is 0 Å². The first-order valence-corrected chi connectivity index (χ1v) is 7.28. The van der Waals surface area contributed by atoms with Gasteiger partial charge in [0.25, 0.3) is 0 Å². The predicted octanol–water partition coefficient (Wildman–Crippen LogP) is 3.14. The van der Waals surface area contributed by atoms with Crippen LogP contribution >= 0.6 is 0 Å². The molecule has 0 aromatic carbocycles. The molecule has 106 valence electrons. The lowest BCUT2D eigenvalue weighted by molar-refractivity contribution is -0.116. The number of carbonyl (C=O) groups is 1. The summed E-state index contributed by atoms with van der Waals surface area (Å²) in [5.74, 6) is 1.01. The summed E-state index contributed by atoms with van der Waals surface area (Å²) in [6.45, 7) is 4.08. The van der Waals surface area contributed by atoms with Crippen LogP contribution in [-0.4, -0.2) is 20.4 Å². The maximum Gasteiger partial charge on any atom is 0.226 e. The molecule has 0 atom stereocenters. The zero-order valence-corrected chi connectivity index (χ0v) is 12.0. The van der Waals surface area contributed by atoms with Crippen molar-refractivity contribution in [1.82, 2.24) is 14.5 Å². The Morgan fingerprint density at radius 2 is 2.30 bits per heavy atom. The summed E-state index contributed by atoms with van der Waals surface area (Å²) in [4.78, 5) is 20.9. The fraction of sp³-hybridized carbons (Fsp3) is 0.533. The number of hydrogen-bond acceptors (Lipinski definition) is 3. The Balaban J connectivity index is 1.94. The van der Waals surface area contributed by atoms with E-state index in [0.717, 1.165) is 24.0 Å². The fourth-order valence-electron chi connectivity index (χ4n) is 2.56. The predicted molar refractivity (Wildman–Crippen MR) is 78.5 cm³/mol. The molecule has 20 heavy (non-hydrogen) atoms. The van der Waals surface area contributed by atoms with Crippen LogP contribution in [0.3, 0.4) is 0 Å². The number of carbonyl (C=O) groups excluding carboxylic acids is 1. The van der Waals surface area contributed by atoms with Gasteiger partial charge in [0, 0.05) is 18.7 Å². The van der Waals surface area contributed by atoms with Gasteiger partial charge in [0.15, 0.2) is 5.65 Å². The van der Waals surface area contributed by atoms with Crippen LogP contribution in [-0.2, 0) is 4.79 Å². The molecule has 1 fully saturated rings. The summed E-state index contributed by atoms with van der Waals surface area (Å²) in [6, 6.07) is 4.24. The molecule has 2 heterocycles. The first-order chi connectivity index (χ1) is 9.65. The quantitative estimate of drug-likeness (QED) is 0.930. The average Bonchev–Trinajstić information content (AvgIpc) is 2.65. The molecule has 5 heteroatoms. The molecule has 1 saturated carbocycles. The first-order valence-electron chi connectivity index (χ1n) is 7.28. The zero-order valence-electron chi connectivity index (χ0n) is 12.0. The molecule has 2 aromatic rings. The van der Waals surface area contributed by atoms with Crippen molar-refractivity contribution in [2.24, 2.45) is 5.92 Å². The van der Waals surface area contributed by atoms with E-state index in [9.17, 15) is 4.79 Å². The highest BCUT2D eigenvalue weighted by molar-refractivity contribution is 5.91. The van der Waals surface area contributed by atoms with Crippen molar-refractivity contribution in [1.29, 1.82) is 0 Å². The van der Waals surface area contributed by atoms with Gasteiger partial charge < -0.3 is 0 Å². The van der Waals surface area contributed by atoms with Crippen LogP contribution < -0.4 is 5.32 Å².